The highest BCUT2D eigenvalue weighted by Gasteiger charge is 2.35. The molecule has 0 atom stereocenters. The molecule has 1 fully saturated rings. The van der Waals surface area contributed by atoms with E-state index >= 15 is 0 Å². The van der Waals surface area contributed by atoms with Gasteiger partial charge in [0.15, 0.2) is 0 Å². The largest absolute Gasteiger partial charge is 0.491 e. The lowest BCUT2D eigenvalue weighted by Gasteiger charge is -2.43. The monoisotopic (exact) mass is 359 g/mol. The van der Waals surface area contributed by atoms with E-state index in [0.29, 0.717) is 24.6 Å². The third kappa shape index (κ3) is 4.01. The van der Waals surface area contributed by atoms with Gasteiger partial charge in [0.05, 0.1) is 18.7 Å². The number of nitrogens with one attached hydrogen (secondary N) is 1. The van der Waals surface area contributed by atoms with E-state index in [1.54, 1.807) is 4.90 Å². The van der Waals surface area contributed by atoms with E-state index in [0.717, 1.165) is 12.8 Å². The lowest BCUT2D eigenvalue weighted by molar-refractivity contribution is -0.124. The fraction of sp³-hybridized carbons (Fsp3) is 0.600. The summed E-state index contributed by atoms with van der Waals surface area (Å²) in [6.45, 7) is 0.999. The normalized spacial score (nSPS) is 19.5. The summed E-state index contributed by atoms with van der Waals surface area (Å²) in [5.74, 6) is 0.454. The lowest BCUT2D eigenvalue weighted by Crippen LogP contribution is -2.55. The maximum absolute atomic E-state index is 12.6. The number of benzene rings is 1. The zero-order valence-electron chi connectivity index (χ0n) is 15.8. The van der Waals surface area contributed by atoms with E-state index in [9.17, 15) is 9.59 Å². The Labute approximate surface area is 155 Å². The maximum atomic E-state index is 12.6. The summed E-state index contributed by atoms with van der Waals surface area (Å²) >= 11 is 0. The summed E-state index contributed by atoms with van der Waals surface area (Å²) in [5, 5.41) is 3.08. The molecule has 0 unspecified atom stereocenters. The first-order valence-corrected chi connectivity index (χ1v) is 9.48. The van der Waals surface area contributed by atoms with E-state index in [4.69, 9.17) is 4.74 Å². The molecular weight excluding hydrogens is 330 g/mol. The van der Waals surface area contributed by atoms with E-state index < -0.39 is 0 Å². The number of carbonyl (C=O) groups is 2. The van der Waals surface area contributed by atoms with Crippen LogP contribution in [-0.4, -0.2) is 56.0 Å². The summed E-state index contributed by atoms with van der Waals surface area (Å²) in [6, 6.07) is 7.39. The number of nitrogens with zero attached hydrogens (tertiary/aromatic N) is 2. The average Bonchev–Trinajstić information content (AvgIpc) is 2.80. The van der Waals surface area contributed by atoms with E-state index in [2.05, 4.69) is 24.3 Å². The summed E-state index contributed by atoms with van der Waals surface area (Å²) < 4.78 is 5.63. The molecule has 1 heterocycles. The minimum Gasteiger partial charge on any atom is -0.491 e. The first kappa shape index (κ1) is 18.7. The minimum atomic E-state index is -0.123. The third-order valence-corrected chi connectivity index (χ3v) is 5.68. The van der Waals surface area contributed by atoms with Crippen molar-refractivity contribution in [2.75, 3.05) is 38.7 Å². The molecule has 0 radical (unpaired) electrons. The molecule has 0 spiro atoms. The number of ether oxygens (including phenoxy) is 1. The molecule has 0 saturated heterocycles. The topological polar surface area (TPSA) is 61.9 Å². The van der Waals surface area contributed by atoms with Crippen molar-refractivity contribution >= 4 is 17.5 Å². The molecule has 1 N–H and O–H groups in total. The zero-order chi connectivity index (χ0) is 18.6. The number of anilines is 1. The highest BCUT2D eigenvalue weighted by molar-refractivity contribution is 6.00. The van der Waals surface area contributed by atoms with Gasteiger partial charge in [0.1, 0.15) is 12.3 Å². The van der Waals surface area contributed by atoms with Crippen LogP contribution in [0.15, 0.2) is 24.3 Å². The molecule has 1 aliphatic heterocycles. The van der Waals surface area contributed by atoms with E-state index in [1.807, 2.05) is 24.3 Å². The molecule has 2 amide bonds. The first-order valence-electron chi connectivity index (χ1n) is 9.48. The molecule has 2 aliphatic rings. The van der Waals surface area contributed by atoms with Crippen LogP contribution in [0.1, 0.15) is 38.5 Å². The minimum absolute atomic E-state index is 0.0255. The van der Waals surface area contributed by atoms with Crippen molar-refractivity contribution in [2.45, 2.75) is 44.1 Å². The van der Waals surface area contributed by atoms with Gasteiger partial charge in [0.25, 0.3) is 0 Å². The van der Waals surface area contributed by atoms with Gasteiger partial charge in [-0.3, -0.25) is 14.5 Å². The van der Waals surface area contributed by atoms with Crippen molar-refractivity contribution in [2.24, 2.45) is 0 Å². The average molecular weight is 359 g/mol. The lowest BCUT2D eigenvalue weighted by atomic mass is 9.80. The predicted octanol–water partition coefficient (Wildman–Crippen LogP) is 2.18. The highest BCUT2D eigenvalue weighted by Crippen LogP contribution is 2.32. The Bertz CT molecular complexity index is 653. The second-order valence-electron chi connectivity index (χ2n) is 7.50. The smallest absolute Gasteiger partial charge is 0.240 e. The van der Waals surface area contributed by atoms with Gasteiger partial charge in [0.2, 0.25) is 11.8 Å². The maximum Gasteiger partial charge on any atom is 0.240 e. The highest BCUT2D eigenvalue weighted by atomic mass is 16.5. The predicted molar refractivity (Wildman–Crippen MR) is 101 cm³/mol. The third-order valence-electron chi connectivity index (χ3n) is 5.68. The van der Waals surface area contributed by atoms with Gasteiger partial charge in [-0.05, 0) is 39.1 Å². The van der Waals surface area contributed by atoms with Crippen LogP contribution in [-0.2, 0) is 9.59 Å². The van der Waals surface area contributed by atoms with E-state index in [1.165, 1.54) is 19.3 Å². The number of fused-ring (bicyclic) bond motifs is 1. The molecule has 142 valence electrons. The molecular formula is C20H29N3O3. The number of likely N-dealkylation sites (N-methyl/N-ethyl adjacent to an activating group) is 1. The van der Waals surface area contributed by atoms with Crippen molar-refractivity contribution < 1.29 is 14.3 Å². The molecule has 0 aromatic heterocycles. The SMILES string of the molecule is CN(C)C1(CNC(=O)CN2C(=O)CCOc3ccccc32)CCCCC1. The van der Waals surface area contributed by atoms with Gasteiger partial charge in [0, 0.05) is 12.1 Å². The van der Waals surface area contributed by atoms with Crippen LogP contribution < -0.4 is 15.0 Å². The first-order chi connectivity index (χ1) is 12.5. The van der Waals surface area contributed by atoms with Crippen LogP contribution in [0.3, 0.4) is 0 Å². The Kier molecular flexibility index (Phi) is 5.81. The number of hydrogen-bond acceptors (Lipinski definition) is 4. The Morgan fingerprint density at radius 2 is 1.96 bits per heavy atom. The standard InChI is InChI=1S/C20H29N3O3/c1-22(2)20(11-6-3-7-12-20)15-21-18(24)14-23-16-8-4-5-9-17(16)26-13-10-19(23)25/h4-5,8-9H,3,6-7,10-15H2,1-2H3,(H,21,24). The zero-order valence-corrected chi connectivity index (χ0v) is 15.8. The van der Waals surface area contributed by atoms with Crippen LogP contribution in [0.5, 0.6) is 5.75 Å². The Balaban J connectivity index is 1.66. The summed E-state index contributed by atoms with van der Waals surface area (Å²) in [6.07, 6.45) is 6.14. The Hall–Kier alpha value is -2.08. The number of amides is 2. The fourth-order valence-corrected chi connectivity index (χ4v) is 3.95. The van der Waals surface area contributed by atoms with Crippen molar-refractivity contribution in [3.63, 3.8) is 0 Å². The number of carbonyl (C=O) groups excluding carboxylic acids is 2. The van der Waals surface area contributed by atoms with Gasteiger partial charge >= 0.3 is 0 Å². The molecule has 0 bridgehead atoms. The van der Waals surface area contributed by atoms with Gasteiger partial charge in [-0.1, -0.05) is 31.4 Å². The van der Waals surface area contributed by atoms with Crippen molar-refractivity contribution in [3.05, 3.63) is 24.3 Å². The van der Waals surface area contributed by atoms with Crippen LogP contribution in [0, 0.1) is 0 Å². The van der Waals surface area contributed by atoms with Crippen LogP contribution in [0.4, 0.5) is 5.69 Å². The molecule has 1 aromatic carbocycles. The molecule has 1 aromatic rings. The van der Waals surface area contributed by atoms with Gasteiger partial charge in [-0.25, -0.2) is 0 Å². The van der Waals surface area contributed by atoms with E-state index in [-0.39, 0.29) is 30.3 Å². The Morgan fingerprint density at radius 3 is 2.69 bits per heavy atom. The number of para-hydroxylation sites is 2. The van der Waals surface area contributed by atoms with Crippen LogP contribution in [0.2, 0.25) is 0 Å². The van der Waals surface area contributed by atoms with Crippen LogP contribution >= 0.6 is 0 Å². The Morgan fingerprint density at radius 1 is 1.23 bits per heavy atom. The van der Waals surface area contributed by atoms with Gasteiger partial charge in [-0.2, -0.15) is 0 Å². The number of hydrogen-bond donors (Lipinski definition) is 1. The summed E-state index contributed by atoms with van der Waals surface area (Å²) in [7, 11) is 4.17. The van der Waals surface area contributed by atoms with Gasteiger partial charge in [-0.15, -0.1) is 0 Å². The molecule has 6 nitrogen and oxygen atoms in total. The molecule has 3 rings (SSSR count). The molecule has 6 heteroatoms. The second-order valence-corrected chi connectivity index (χ2v) is 7.50. The second kappa shape index (κ2) is 8.08. The van der Waals surface area contributed by atoms with Gasteiger partial charge < -0.3 is 15.0 Å². The number of rotatable bonds is 5. The molecule has 26 heavy (non-hydrogen) atoms. The molecule has 1 aliphatic carbocycles. The summed E-state index contributed by atoms with van der Waals surface area (Å²) in [4.78, 5) is 28.9. The molecule has 1 saturated carbocycles. The van der Waals surface area contributed by atoms with Crippen molar-refractivity contribution in [1.82, 2.24) is 10.2 Å². The fourth-order valence-electron chi connectivity index (χ4n) is 3.95. The van der Waals surface area contributed by atoms with Crippen molar-refractivity contribution in [3.8, 4) is 5.75 Å². The summed E-state index contributed by atoms with van der Waals surface area (Å²) in [5.41, 5.74) is 0.697. The quantitative estimate of drug-likeness (QED) is 0.875. The van der Waals surface area contributed by atoms with Crippen molar-refractivity contribution in [1.29, 1.82) is 0 Å². The van der Waals surface area contributed by atoms with Crippen LogP contribution in [0.25, 0.3) is 0 Å².